The number of hydrogen-bond acceptors (Lipinski definition) is 3. The van der Waals surface area contributed by atoms with E-state index >= 15 is 0 Å². The monoisotopic (exact) mass is 377 g/mol. The first kappa shape index (κ1) is 18.1. The lowest BCUT2D eigenvalue weighted by Gasteiger charge is -2.26. The van der Waals surface area contributed by atoms with E-state index in [-0.39, 0.29) is 18.1 Å². The molecule has 6 heteroatoms. The molecule has 0 fully saturated rings. The van der Waals surface area contributed by atoms with Crippen molar-refractivity contribution in [3.63, 3.8) is 0 Å². The van der Waals surface area contributed by atoms with Crippen molar-refractivity contribution in [3.05, 3.63) is 81.8 Å². The summed E-state index contributed by atoms with van der Waals surface area (Å²) in [5.74, 6) is 0.632. The van der Waals surface area contributed by atoms with E-state index in [9.17, 15) is 9.59 Å². The number of aryl methyl sites for hydroxylation is 1. The summed E-state index contributed by atoms with van der Waals surface area (Å²) in [5.41, 5.74) is 3.32. The van der Waals surface area contributed by atoms with Gasteiger partial charge in [-0.1, -0.05) is 43.3 Å². The molecule has 0 spiro atoms. The van der Waals surface area contributed by atoms with Gasteiger partial charge in [0.1, 0.15) is 5.75 Å². The number of para-hydroxylation sites is 2. The number of aromatic nitrogens is 2. The Hall–Kier alpha value is -3.28. The van der Waals surface area contributed by atoms with Crippen molar-refractivity contribution in [1.29, 1.82) is 0 Å². The number of aromatic amines is 1. The van der Waals surface area contributed by atoms with Crippen LogP contribution < -0.4 is 10.3 Å². The Morgan fingerprint density at radius 1 is 1.11 bits per heavy atom. The Morgan fingerprint density at radius 3 is 2.64 bits per heavy atom. The highest BCUT2D eigenvalue weighted by molar-refractivity contribution is 5.78. The van der Waals surface area contributed by atoms with Crippen LogP contribution in [-0.2, 0) is 24.2 Å². The Bertz CT molecular complexity index is 1040. The van der Waals surface area contributed by atoms with Crippen LogP contribution in [0.15, 0.2) is 59.4 Å². The van der Waals surface area contributed by atoms with Gasteiger partial charge in [0.15, 0.2) is 6.61 Å². The second-order valence-corrected chi connectivity index (χ2v) is 6.86. The van der Waals surface area contributed by atoms with Gasteiger partial charge in [-0.15, -0.1) is 0 Å². The average Bonchev–Trinajstić information content (AvgIpc) is 3.08. The number of benzene rings is 2. The predicted octanol–water partition coefficient (Wildman–Crippen LogP) is 2.69. The molecular formula is C22H23N3O3. The summed E-state index contributed by atoms with van der Waals surface area (Å²) in [6.45, 7) is 2.91. The smallest absolute Gasteiger partial charge is 0.276 e. The molecule has 2 heterocycles. The zero-order chi connectivity index (χ0) is 19.5. The van der Waals surface area contributed by atoms with Crippen molar-refractivity contribution in [2.75, 3.05) is 13.2 Å². The molecule has 0 bridgehead atoms. The summed E-state index contributed by atoms with van der Waals surface area (Å²) >= 11 is 0. The zero-order valence-corrected chi connectivity index (χ0v) is 15.9. The van der Waals surface area contributed by atoms with Crippen molar-refractivity contribution < 1.29 is 9.53 Å². The van der Waals surface area contributed by atoms with Crippen molar-refractivity contribution >= 4 is 5.91 Å². The summed E-state index contributed by atoms with van der Waals surface area (Å²) in [4.78, 5) is 27.2. The van der Waals surface area contributed by atoms with Gasteiger partial charge >= 0.3 is 0 Å². The minimum absolute atomic E-state index is 0.0242. The maximum Gasteiger partial charge on any atom is 0.276 e. The van der Waals surface area contributed by atoms with Gasteiger partial charge in [-0.05, 0) is 30.2 Å². The van der Waals surface area contributed by atoms with E-state index in [2.05, 4.69) is 12.0 Å². The first-order valence-corrected chi connectivity index (χ1v) is 9.54. The van der Waals surface area contributed by atoms with Crippen LogP contribution in [0.4, 0.5) is 0 Å². The first-order chi connectivity index (χ1) is 13.7. The third kappa shape index (κ3) is 3.45. The van der Waals surface area contributed by atoms with Crippen molar-refractivity contribution in [3.8, 4) is 11.4 Å². The van der Waals surface area contributed by atoms with Gasteiger partial charge in [0, 0.05) is 18.7 Å². The van der Waals surface area contributed by atoms with E-state index in [1.54, 1.807) is 9.58 Å². The lowest BCUT2D eigenvalue weighted by Crippen LogP contribution is -2.40. The lowest BCUT2D eigenvalue weighted by molar-refractivity contribution is -0.134. The lowest BCUT2D eigenvalue weighted by atomic mass is 10.1. The fourth-order valence-corrected chi connectivity index (χ4v) is 3.54. The van der Waals surface area contributed by atoms with Crippen LogP contribution in [0.1, 0.15) is 23.7 Å². The number of fused-ring (bicyclic) bond motifs is 1. The molecule has 0 saturated carbocycles. The summed E-state index contributed by atoms with van der Waals surface area (Å²) in [6, 6.07) is 17.2. The summed E-state index contributed by atoms with van der Waals surface area (Å²) in [5, 5.41) is 3.19. The van der Waals surface area contributed by atoms with Crippen molar-refractivity contribution in [1.82, 2.24) is 14.7 Å². The zero-order valence-electron chi connectivity index (χ0n) is 15.9. The van der Waals surface area contributed by atoms with Gasteiger partial charge in [-0.3, -0.25) is 14.7 Å². The van der Waals surface area contributed by atoms with Crippen LogP contribution in [0.25, 0.3) is 5.69 Å². The second kappa shape index (κ2) is 7.76. The normalized spacial score (nSPS) is 13.2. The van der Waals surface area contributed by atoms with E-state index < -0.39 is 0 Å². The molecule has 2 aromatic carbocycles. The molecule has 1 aromatic heterocycles. The van der Waals surface area contributed by atoms with Crippen LogP contribution in [0.3, 0.4) is 0 Å². The minimum atomic E-state index is -0.108. The number of hydrogen-bond donors (Lipinski definition) is 1. The molecule has 1 aliphatic rings. The Balaban J connectivity index is 1.47. The average molecular weight is 377 g/mol. The molecule has 1 aliphatic heterocycles. The highest BCUT2D eigenvalue weighted by Gasteiger charge is 2.26. The number of nitrogens with one attached hydrogen (secondary N) is 1. The van der Waals surface area contributed by atoms with Gasteiger partial charge in [-0.25, -0.2) is 4.68 Å². The summed E-state index contributed by atoms with van der Waals surface area (Å²) in [7, 11) is 0. The minimum Gasteiger partial charge on any atom is -0.483 e. The Labute approximate surface area is 163 Å². The highest BCUT2D eigenvalue weighted by Crippen LogP contribution is 2.20. The van der Waals surface area contributed by atoms with Crippen molar-refractivity contribution in [2.45, 2.75) is 26.3 Å². The van der Waals surface area contributed by atoms with Crippen LogP contribution in [0.2, 0.25) is 0 Å². The molecule has 0 atom stereocenters. The summed E-state index contributed by atoms with van der Waals surface area (Å²) < 4.78 is 7.30. The standard InChI is InChI=1S/C22H23N3O3/c1-2-16-8-6-7-11-20(16)28-15-21(26)24-13-12-19-18(14-24)22(27)25(23-19)17-9-4-3-5-10-17/h3-11,23H,2,12-15H2,1H3. The molecule has 3 aromatic rings. The van der Waals surface area contributed by atoms with E-state index in [1.807, 2.05) is 54.6 Å². The molecule has 1 amide bonds. The molecule has 144 valence electrons. The Morgan fingerprint density at radius 2 is 1.86 bits per heavy atom. The van der Waals surface area contributed by atoms with Crippen LogP contribution in [0.5, 0.6) is 5.75 Å². The van der Waals surface area contributed by atoms with E-state index in [0.29, 0.717) is 25.1 Å². The summed E-state index contributed by atoms with van der Waals surface area (Å²) in [6.07, 6.45) is 1.47. The van der Waals surface area contributed by atoms with Gasteiger partial charge < -0.3 is 9.64 Å². The van der Waals surface area contributed by atoms with Crippen LogP contribution in [-0.4, -0.2) is 33.7 Å². The number of amides is 1. The van der Waals surface area contributed by atoms with Gasteiger partial charge in [0.05, 0.1) is 17.8 Å². The number of ether oxygens (including phenoxy) is 1. The molecule has 0 saturated heterocycles. The second-order valence-electron chi connectivity index (χ2n) is 6.86. The fraction of sp³-hybridized carbons (Fsp3) is 0.273. The SMILES string of the molecule is CCc1ccccc1OCC(=O)N1CCc2[nH]n(-c3ccccc3)c(=O)c2C1. The fourth-order valence-electron chi connectivity index (χ4n) is 3.54. The largest absolute Gasteiger partial charge is 0.483 e. The molecule has 0 unspecified atom stereocenters. The molecule has 4 rings (SSSR count). The molecule has 0 radical (unpaired) electrons. The van der Waals surface area contributed by atoms with Crippen LogP contribution in [0, 0.1) is 0 Å². The van der Waals surface area contributed by atoms with Gasteiger partial charge in [0.2, 0.25) is 0 Å². The van der Waals surface area contributed by atoms with E-state index in [4.69, 9.17) is 4.74 Å². The van der Waals surface area contributed by atoms with Crippen LogP contribution >= 0.6 is 0 Å². The molecule has 0 aliphatic carbocycles. The molecule has 1 N–H and O–H groups in total. The molecule has 6 nitrogen and oxygen atoms in total. The quantitative estimate of drug-likeness (QED) is 0.743. The van der Waals surface area contributed by atoms with Gasteiger partial charge in [-0.2, -0.15) is 0 Å². The maximum atomic E-state index is 12.8. The topological polar surface area (TPSA) is 67.3 Å². The third-order valence-electron chi connectivity index (χ3n) is 5.12. The maximum absolute atomic E-state index is 12.8. The molecular weight excluding hydrogens is 354 g/mol. The van der Waals surface area contributed by atoms with E-state index in [1.165, 1.54) is 0 Å². The number of nitrogens with zero attached hydrogens (tertiary/aromatic N) is 2. The highest BCUT2D eigenvalue weighted by atomic mass is 16.5. The number of H-pyrrole nitrogens is 1. The number of carbonyl (C=O) groups excluding carboxylic acids is 1. The van der Waals surface area contributed by atoms with Gasteiger partial charge in [0.25, 0.3) is 11.5 Å². The number of rotatable bonds is 5. The first-order valence-electron chi connectivity index (χ1n) is 9.54. The molecule has 28 heavy (non-hydrogen) atoms. The third-order valence-corrected chi connectivity index (χ3v) is 5.12. The predicted molar refractivity (Wildman–Crippen MR) is 107 cm³/mol. The van der Waals surface area contributed by atoms with Crippen molar-refractivity contribution in [2.24, 2.45) is 0 Å². The van der Waals surface area contributed by atoms with E-state index in [0.717, 1.165) is 29.1 Å². The Kier molecular flexibility index (Phi) is 5.02. The number of carbonyl (C=O) groups is 1.